The molecule has 0 aromatic heterocycles. The van der Waals surface area contributed by atoms with E-state index in [4.69, 9.17) is 4.74 Å². The summed E-state index contributed by atoms with van der Waals surface area (Å²) in [5, 5.41) is 4.49. The molecule has 32 heavy (non-hydrogen) atoms. The summed E-state index contributed by atoms with van der Waals surface area (Å²) >= 11 is 0. The zero-order valence-electron chi connectivity index (χ0n) is 16.7. The van der Waals surface area contributed by atoms with E-state index in [-0.39, 0.29) is 24.6 Å². The van der Waals surface area contributed by atoms with Gasteiger partial charge in [-0.25, -0.2) is 4.79 Å². The smallest absolute Gasteiger partial charge is 0.416 e. The highest BCUT2D eigenvalue weighted by Crippen LogP contribution is 2.30. The number of hydrogen-bond donors (Lipinski definition) is 2. The van der Waals surface area contributed by atoms with Crippen molar-refractivity contribution in [1.29, 1.82) is 0 Å². The second kappa shape index (κ2) is 7.60. The minimum atomic E-state index is -4.55. The molecule has 0 saturated carbocycles. The third-order valence-electron chi connectivity index (χ3n) is 5.18. The molecular formula is C22H16F3N3O4. The predicted octanol–water partition coefficient (Wildman–Crippen LogP) is 2.30. The first-order chi connectivity index (χ1) is 15.1. The molecule has 2 aromatic rings. The maximum absolute atomic E-state index is 13.0. The lowest BCUT2D eigenvalue weighted by Crippen LogP contribution is -2.54. The molecule has 2 aromatic carbocycles. The second-order valence-electron chi connectivity index (χ2n) is 7.33. The first-order valence-electron chi connectivity index (χ1n) is 9.41. The molecule has 0 radical (unpaired) electrons. The van der Waals surface area contributed by atoms with Crippen LogP contribution in [-0.4, -0.2) is 41.9 Å². The van der Waals surface area contributed by atoms with Gasteiger partial charge in [-0.05, 0) is 35.9 Å². The molecule has 1 saturated heterocycles. The minimum absolute atomic E-state index is 0.00826. The maximum Gasteiger partial charge on any atom is 0.416 e. The van der Waals surface area contributed by atoms with E-state index in [1.54, 1.807) is 18.2 Å². The van der Waals surface area contributed by atoms with Crippen LogP contribution in [0.25, 0.3) is 0 Å². The van der Waals surface area contributed by atoms with Gasteiger partial charge in [-0.3, -0.25) is 14.9 Å². The van der Waals surface area contributed by atoms with Crippen LogP contribution in [0.3, 0.4) is 0 Å². The van der Waals surface area contributed by atoms with Crippen LogP contribution in [-0.2, 0) is 17.5 Å². The first-order valence-corrected chi connectivity index (χ1v) is 9.41. The number of hydrogen-bond acceptors (Lipinski definition) is 4. The van der Waals surface area contributed by atoms with Crippen LogP contribution in [0.15, 0.2) is 42.5 Å². The van der Waals surface area contributed by atoms with Crippen molar-refractivity contribution in [2.45, 2.75) is 18.3 Å². The molecule has 2 aliphatic heterocycles. The van der Waals surface area contributed by atoms with E-state index in [1.807, 2.05) is 0 Å². The van der Waals surface area contributed by atoms with Gasteiger partial charge in [0.05, 0.1) is 19.2 Å². The molecular weight excluding hydrogens is 427 g/mol. The molecule has 10 heteroatoms. The molecule has 0 spiro atoms. The summed E-state index contributed by atoms with van der Waals surface area (Å²) in [4.78, 5) is 38.6. The lowest BCUT2D eigenvalue weighted by molar-refractivity contribution is -0.137. The second-order valence-corrected chi connectivity index (χ2v) is 7.33. The topological polar surface area (TPSA) is 87.7 Å². The van der Waals surface area contributed by atoms with Crippen molar-refractivity contribution in [2.75, 3.05) is 13.7 Å². The third kappa shape index (κ3) is 3.85. The Kier molecular flexibility index (Phi) is 5.05. The van der Waals surface area contributed by atoms with Crippen LogP contribution in [0.5, 0.6) is 5.75 Å². The number of ether oxygens (including phenoxy) is 1. The predicted molar refractivity (Wildman–Crippen MR) is 105 cm³/mol. The summed E-state index contributed by atoms with van der Waals surface area (Å²) in [6, 6.07) is 8.49. The maximum atomic E-state index is 13.0. The summed E-state index contributed by atoms with van der Waals surface area (Å²) < 4.78 is 44.1. The highest BCUT2D eigenvalue weighted by molar-refractivity contribution is 6.10. The molecule has 0 aliphatic carbocycles. The zero-order chi connectivity index (χ0) is 23.1. The van der Waals surface area contributed by atoms with Gasteiger partial charge >= 0.3 is 12.2 Å². The summed E-state index contributed by atoms with van der Waals surface area (Å²) in [5.74, 6) is 4.44. The van der Waals surface area contributed by atoms with Gasteiger partial charge in [0.2, 0.25) is 5.54 Å². The minimum Gasteiger partial charge on any atom is -0.497 e. The van der Waals surface area contributed by atoms with Gasteiger partial charge in [0.15, 0.2) is 0 Å². The fourth-order valence-corrected chi connectivity index (χ4v) is 3.56. The Bertz CT molecular complexity index is 1200. The summed E-state index contributed by atoms with van der Waals surface area (Å²) in [7, 11) is 1.47. The number of fused-ring (bicyclic) bond motifs is 1. The number of methoxy groups -OCH3 is 1. The number of halogens is 3. The van der Waals surface area contributed by atoms with Crippen molar-refractivity contribution in [2.24, 2.45) is 0 Å². The van der Waals surface area contributed by atoms with Crippen molar-refractivity contribution in [3.05, 3.63) is 64.7 Å². The van der Waals surface area contributed by atoms with Gasteiger partial charge in [-0.1, -0.05) is 24.0 Å². The number of urea groups is 1. The molecule has 4 rings (SSSR count). The van der Waals surface area contributed by atoms with Crippen molar-refractivity contribution >= 4 is 17.8 Å². The average Bonchev–Trinajstić information content (AvgIpc) is 3.21. The Morgan fingerprint density at radius 2 is 1.94 bits per heavy atom. The van der Waals surface area contributed by atoms with Gasteiger partial charge in [-0.15, -0.1) is 0 Å². The number of nitrogens with one attached hydrogen (secondary N) is 2. The van der Waals surface area contributed by atoms with Crippen LogP contribution in [0.2, 0.25) is 0 Å². The Balaban J connectivity index is 1.65. The molecule has 1 unspecified atom stereocenters. The number of amides is 4. The van der Waals surface area contributed by atoms with E-state index in [9.17, 15) is 27.6 Å². The number of benzene rings is 2. The Morgan fingerprint density at radius 3 is 2.59 bits per heavy atom. The van der Waals surface area contributed by atoms with Gasteiger partial charge in [0.25, 0.3) is 11.8 Å². The van der Waals surface area contributed by atoms with E-state index in [2.05, 4.69) is 22.5 Å². The average molecular weight is 443 g/mol. The monoisotopic (exact) mass is 443 g/mol. The number of carbonyl (C=O) groups excluding carboxylic acids is 3. The summed E-state index contributed by atoms with van der Waals surface area (Å²) in [6.07, 6.45) is -4.55. The van der Waals surface area contributed by atoms with Crippen molar-refractivity contribution in [3.63, 3.8) is 0 Å². The molecule has 2 N–H and O–H groups in total. The normalized spacial score (nSPS) is 19.8. The van der Waals surface area contributed by atoms with Gasteiger partial charge < -0.3 is 15.0 Å². The Morgan fingerprint density at radius 1 is 1.16 bits per heavy atom. The van der Waals surface area contributed by atoms with E-state index >= 15 is 0 Å². The first kappa shape index (κ1) is 21.2. The van der Waals surface area contributed by atoms with Crippen LogP contribution >= 0.6 is 0 Å². The lowest BCUT2D eigenvalue weighted by Gasteiger charge is -2.26. The largest absolute Gasteiger partial charge is 0.497 e. The molecule has 2 aliphatic rings. The molecule has 1 fully saturated rings. The van der Waals surface area contributed by atoms with Gasteiger partial charge in [0.1, 0.15) is 5.75 Å². The SMILES string of the molecule is COc1ccc2c(c1)C(=O)N(CC1(C#Cc3cccc(C(F)(F)F)c3)NC(=O)NC1=O)C2. The van der Waals surface area contributed by atoms with E-state index in [0.717, 1.165) is 12.1 Å². The summed E-state index contributed by atoms with van der Waals surface area (Å²) in [6.45, 7) is -0.110. The number of nitrogens with zero attached hydrogens (tertiary/aromatic N) is 1. The molecule has 2 heterocycles. The van der Waals surface area contributed by atoms with Gasteiger partial charge in [-0.2, -0.15) is 13.2 Å². The standard InChI is InChI=1S/C22H16F3N3O4/c1-32-16-6-5-14-11-28(18(29)17(14)10-16)12-21(19(30)26-20(31)27-21)8-7-13-3-2-4-15(9-13)22(23,24)25/h2-6,9-10H,11-12H2,1H3,(H2,26,27,30,31). The van der Waals surface area contributed by atoms with Crippen molar-refractivity contribution in [1.82, 2.24) is 15.5 Å². The molecule has 4 amide bonds. The fourth-order valence-electron chi connectivity index (χ4n) is 3.56. The highest BCUT2D eigenvalue weighted by atomic mass is 19.4. The van der Waals surface area contributed by atoms with Crippen LogP contribution in [0.1, 0.15) is 27.0 Å². The fraction of sp³-hybridized carbons (Fsp3) is 0.227. The van der Waals surface area contributed by atoms with E-state index in [0.29, 0.717) is 16.9 Å². The molecule has 164 valence electrons. The van der Waals surface area contributed by atoms with E-state index < -0.39 is 29.2 Å². The Hall–Kier alpha value is -4.00. The summed E-state index contributed by atoms with van der Waals surface area (Å²) in [5.41, 5.74) is -1.59. The number of imide groups is 1. The highest BCUT2D eigenvalue weighted by Gasteiger charge is 2.48. The van der Waals surface area contributed by atoms with Crippen LogP contribution in [0, 0.1) is 11.8 Å². The van der Waals surface area contributed by atoms with Crippen LogP contribution < -0.4 is 15.4 Å². The third-order valence-corrected chi connectivity index (χ3v) is 5.18. The van der Waals surface area contributed by atoms with Crippen molar-refractivity contribution < 1.29 is 32.3 Å². The number of rotatable bonds is 3. The quantitative estimate of drug-likeness (QED) is 0.563. The number of carbonyl (C=O) groups is 3. The lowest BCUT2D eigenvalue weighted by atomic mass is 9.98. The van der Waals surface area contributed by atoms with E-state index in [1.165, 1.54) is 24.1 Å². The molecule has 7 nitrogen and oxygen atoms in total. The Labute approximate surface area is 180 Å². The van der Waals surface area contributed by atoms with Gasteiger partial charge in [0, 0.05) is 17.7 Å². The molecule has 1 atom stereocenters. The zero-order valence-corrected chi connectivity index (χ0v) is 16.7. The van der Waals surface area contributed by atoms with Crippen LogP contribution in [0.4, 0.5) is 18.0 Å². The van der Waals surface area contributed by atoms with Crippen molar-refractivity contribution in [3.8, 4) is 17.6 Å². The molecule has 0 bridgehead atoms. The number of alkyl halides is 3.